The molecule has 1 aromatic carbocycles. The maximum atomic E-state index is 12.5. The maximum Gasteiger partial charge on any atom is 0.223 e. The topological polar surface area (TPSA) is 52.6 Å². The van der Waals surface area contributed by atoms with E-state index in [9.17, 15) is 9.90 Å². The van der Waals surface area contributed by atoms with Crippen LogP contribution in [-0.4, -0.2) is 48.2 Å². The number of rotatable bonds is 8. The zero-order chi connectivity index (χ0) is 17.4. The number of carbonyl (C=O) groups excluding carboxylic acids is 1. The zero-order valence-corrected chi connectivity index (χ0v) is 15.1. The van der Waals surface area contributed by atoms with E-state index in [1.807, 2.05) is 18.2 Å². The van der Waals surface area contributed by atoms with Crippen molar-refractivity contribution in [3.05, 3.63) is 35.9 Å². The normalized spacial score (nSPS) is 19.0. The molecule has 0 saturated carbocycles. The summed E-state index contributed by atoms with van der Waals surface area (Å²) in [5.41, 5.74) is 1.18. The minimum absolute atomic E-state index is 0.140. The minimum Gasteiger partial charge on any atom is -0.393 e. The molecule has 1 saturated heterocycles. The van der Waals surface area contributed by atoms with Gasteiger partial charge in [0.15, 0.2) is 0 Å². The predicted molar refractivity (Wildman–Crippen MR) is 97.9 cm³/mol. The molecule has 1 aliphatic heterocycles. The van der Waals surface area contributed by atoms with E-state index in [2.05, 4.69) is 29.3 Å². The average molecular weight is 332 g/mol. The van der Waals surface area contributed by atoms with E-state index in [0.717, 1.165) is 32.5 Å². The lowest BCUT2D eigenvalue weighted by Gasteiger charge is -2.31. The molecule has 0 bridgehead atoms. The van der Waals surface area contributed by atoms with Crippen LogP contribution in [0.4, 0.5) is 0 Å². The third-order valence-electron chi connectivity index (χ3n) is 4.92. The second-order valence-corrected chi connectivity index (χ2v) is 7.05. The molecule has 2 atom stereocenters. The van der Waals surface area contributed by atoms with E-state index >= 15 is 0 Å². The number of aliphatic hydroxyl groups is 1. The molecule has 0 spiro atoms. The number of hydrogen-bond acceptors (Lipinski definition) is 3. The zero-order valence-electron chi connectivity index (χ0n) is 15.1. The number of aliphatic hydroxyl groups excluding tert-OH is 1. The maximum absolute atomic E-state index is 12.5. The van der Waals surface area contributed by atoms with Gasteiger partial charge in [0, 0.05) is 18.4 Å². The fourth-order valence-corrected chi connectivity index (χ4v) is 3.58. The monoisotopic (exact) mass is 332 g/mol. The van der Waals surface area contributed by atoms with Crippen molar-refractivity contribution in [1.29, 1.82) is 0 Å². The summed E-state index contributed by atoms with van der Waals surface area (Å²) < 4.78 is 0. The molecule has 0 aromatic heterocycles. The first-order valence-corrected chi connectivity index (χ1v) is 9.33. The van der Waals surface area contributed by atoms with Gasteiger partial charge in [-0.3, -0.25) is 4.79 Å². The van der Waals surface area contributed by atoms with Gasteiger partial charge in [0.05, 0.1) is 6.10 Å². The van der Waals surface area contributed by atoms with E-state index < -0.39 is 0 Å². The number of amides is 1. The lowest BCUT2D eigenvalue weighted by Crippen LogP contribution is -2.41. The molecule has 2 N–H and O–H groups in total. The summed E-state index contributed by atoms with van der Waals surface area (Å²) in [5.74, 6) is 0.481. The smallest absolute Gasteiger partial charge is 0.223 e. The molecule has 1 fully saturated rings. The van der Waals surface area contributed by atoms with E-state index in [-0.39, 0.29) is 23.8 Å². The Labute approximate surface area is 146 Å². The molecule has 4 nitrogen and oxygen atoms in total. The second-order valence-electron chi connectivity index (χ2n) is 7.05. The summed E-state index contributed by atoms with van der Waals surface area (Å²) in [6.45, 7) is 7.80. The molecule has 2 rings (SSSR count). The third-order valence-corrected chi connectivity index (χ3v) is 4.92. The molecule has 24 heavy (non-hydrogen) atoms. The van der Waals surface area contributed by atoms with Crippen LogP contribution in [-0.2, 0) is 4.79 Å². The van der Waals surface area contributed by atoms with Crippen LogP contribution in [0, 0.1) is 5.92 Å². The summed E-state index contributed by atoms with van der Waals surface area (Å²) in [7, 11) is 0. The Bertz CT molecular complexity index is 482. The fourth-order valence-electron chi connectivity index (χ4n) is 3.58. The van der Waals surface area contributed by atoms with E-state index in [1.54, 1.807) is 6.92 Å². The molecule has 4 heteroatoms. The van der Waals surface area contributed by atoms with Crippen LogP contribution < -0.4 is 5.32 Å². The number of benzene rings is 1. The first kappa shape index (κ1) is 18.9. The van der Waals surface area contributed by atoms with Gasteiger partial charge in [-0.1, -0.05) is 37.3 Å². The first-order valence-electron chi connectivity index (χ1n) is 9.33. The standard InChI is InChI=1S/C20H32N2O2/c1-3-11-22-12-9-18(10-13-22)20(24)21-15-19(14-16(2)23)17-7-5-4-6-8-17/h4-8,16,18-19,23H,3,9-15H2,1-2H3,(H,21,24). The number of nitrogens with zero attached hydrogens (tertiary/aromatic N) is 1. The van der Waals surface area contributed by atoms with Crippen molar-refractivity contribution in [3.63, 3.8) is 0 Å². The summed E-state index contributed by atoms with van der Waals surface area (Å²) in [5, 5.41) is 12.9. The van der Waals surface area contributed by atoms with Gasteiger partial charge in [0.2, 0.25) is 5.91 Å². The van der Waals surface area contributed by atoms with E-state index in [0.29, 0.717) is 13.0 Å². The van der Waals surface area contributed by atoms with Crippen molar-refractivity contribution in [2.45, 2.75) is 51.6 Å². The Morgan fingerprint density at radius 2 is 1.96 bits per heavy atom. The fraction of sp³-hybridized carbons (Fsp3) is 0.650. The van der Waals surface area contributed by atoms with Crippen molar-refractivity contribution in [3.8, 4) is 0 Å². The summed E-state index contributed by atoms with van der Waals surface area (Å²) >= 11 is 0. The minimum atomic E-state index is -0.371. The van der Waals surface area contributed by atoms with Gasteiger partial charge in [-0.05, 0) is 57.8 Å². The quantitative estimate of drug-likeness (QED) is 0.770. The van der Waals surface area contributed by atoms with Crippen LogP contribution in [0.3, 0.4) is 0 Å². The van der Waals surface area contributed by atoms with Gasteiger partial charge in [0.1, 0.15) is 0 Å². The first-order chi connectivity index (χ1) is 11.6. The van der Waals surface area contributed by atoms with E-state index in [1.165, 1.54) is 12.0 Å². The van der Waals surface area contributed by atoms with Gasteiger partial charge in [0.25, 0.3) is 0 Å². The van der Waals surface area contributed by atoms with Crippen molar-refractivity contribution in [1.82, 2.24) is 10.2 Å². The SMILES string of the molecule is CCCN1CCC(C(=O)NCC(CC(C)O)c2ccccc2)CC1. The van der Waals surface area contributed by atoms with Crippen molar-refractivity contribution in [2.24, 2.45) is 5.92 Å². The largest absolute Gasteiger partial charge is 0.393 e. The highest BCUT2D eigenvalue weighted by molar-refractivity contribution is 5.78. The second kappa shape index (κ2) is 9.80. The highest BCUT2D eigenvalue weighted by Crippen LogP contribution is 2.22. The number of piperidine rings is 1. The molecule has 2 unspecified atom stereocenters. The third kappa shape index (κ3) is 5.91. The Kier molecular flexibility index (Phi) is 7.73. The van der Waals surface area contributed by atoms with Crippen molar-refractivity contribution < 1.29 is 9.90 Å². The lowest BCUT2D eigenvalue weighted by atomic mass is 9.92. The number of nitrogens with one attached hydrogen (secondary N) is 1. The predicted octanol–water partition coefficient (Wildman–Crippen LogP) is 2.78. The Hall–Kier alpha value is -1.39. The Morgan fingerprint density at radius 3 is 2.54 bits per heavy atom. The van der Waals surface area contributed by atoms with Gasteiger partial charge in [-0.2, -0.15) is 0 Å². The summed E-state index contributed by atoms with van der Waals surface area (Å²) in [6, 6.07) is 10.2. The van der Waals surface area contributed by atoms with Crippen molar-refractivity contribution in [2.75, 3.05) is 26.2 Å². The molecular weight excluding hydrogens is 300 g/mol. The Balaban J connectivity index is 1.84. The molecule has 1 aromatic rings. The van der Waals surface area contributed by atoms with Gasteiger partial charge < -0.3 is 15.3 Å². The molecule has 134 valence electrons. The van der Waals surface area contributed by atoms with Gasteiger partial charge in [-0.15, -0.1) is 0 Å². The van der Waals surface area contributed by atoms with Crippen LogP contribution in [0.1, 0.15) is 51.0 Å². The van der Waals surface area contributed by atoms with Gasteiger partial charge >= 0.3 is 0 Å². The summed E-state index contributed by atoms with van der Waals surface area (Å²) in [6.07, 6.45) is 3.38. The van der Waals surface area contributed by atoms with Crippen LogP contribution >= 0.6 is 0 Å². The summed E-state index contributed by atoms with van der Waals surface area (Å²) in [4.78, 5) is 14.9. The number of carbonyl (C=O) groups is 1. The molecule has 1 heterocycles. The van der Waals surface area contributed by atoms with Crippen molar-refractivity contribution >= 4 is 5.91 Å². The van der Waals surface area contributed by atoms with Crippen LogP contribution in [0.25, 0.3) is 0 Å². The molecular formula is C20H32N2O2. The van der Waals surface area contributed by atoms with Gasteiger partial charge in [-0.25, -0.2) is 0 Å². The van der Waals surface area contributed by atoms with E-state index in [4.69, 9.17) is 0 Å². The van der Waals surface area contributed by atoms with Crippen LogP contribution in [0.5, 0.6) is 0 Å². The highest BCUT2D eigenvalue weighted by atomic mass is 16.3. The van der Waals surface area contributed by atoms with Crippen LogP contribution in [0.15, 0.2) is 30.3 Å². The number of likely N-dealkylation sites (tertiary alicyclic amines) is 1. The molecule has 1 amide bonds. The van der Waals surface area contributed by atoms with Crippen LogP contribution in [0.2, 0.25) is 0 Å². The Morgan fingerprint density at radius 1 is 1.29 bits per heavy atom. The number of hydrogen-bond donors (Lipinski definition) is 2. The average Bonchev–Trinajstić information content (AvgIpc) is 2.60. The lowest BCUT2D eigenvalue weighted by molar-refractivity contribution is -0.126. The molecule has 1 aliphatic rings. The molecule has 0 aliphatic carbocycles. The molecule has 0 radical (unpaired) electrons. The highest BCUT2D eigenvalue weighted by Gasteiger charge is 2.25.